The summed E-state index contributed by atoms with van der Waals surface area (Å²) >= 11 is 10.6. The molecule has 0 radical (unpaired) electrons. The molecule has 9 nitrogen and oxygen atoms in total. The number of hydrazine groups is 1. The average Bonchev–Trinajstić information content (AvgIpc) is 2.91. The fourth-order valence-corrected chi connectivity index (χ4v) is 2.03. The maximum absolute atomic E-state index is 13.1. The Balaban J connectivity index is 1.97. The number of hydrogen-bond acceptors (Lipinski definition) is 5. The lowest BCUT2D eigenvalue weighted by molar-refractivity contribution is -0.385. The molecule has 0 atom stereocenters. The molecule has 0 saturated carbocycles. The third-order valence-corrected chi connectivity index (χ3v) is 3.18. The first-order valence-corrected chi connectivity index (χ1v) is 7.07. The van der Waals surface area contributed by atoms with E-state index < -0.39 is 22.3 Å². The van der Waals surface area contributed by atoms with Gasteiger partial charge in [-0.2, -0.15) is 5.10 Å². The van der Waals surface area contributed by atoms with Crippen molar-refractivity contribution >= 4 is 46.2 Å². The van der Waals surface area contributed by atoms with Gasteiger partial charge in [-0.25, -0.2) is 4.39 Å². The van der Waals surface area contributed by atoms with Crippen molar-refractivity contribution in [2.75, 3.05) is 5.32 Å². The number of nitro groups is 1. The van der Waals surface area contributed by atoms with Crippen LogP contribution in [0.2, 0.25) is 5.02 Å². The third kappa shape index (κ3) is 4.14. The standard InChI is InChI=1S/C12H10ClFN6O3S/c1-19-5-9(20(22)23)10(18-19)11(21)16-17-12(24)15-6-2-3-8(14)7(13)4-6/h2-5H,1H3,(H,16,21)(H2,15,17,24). The summed E-state index contributed by atoms with van der Waals surface area (Å²) < 4.78 is 14.2. The summed E-state index contributed by atoms with van der Waals surface area (Å²) in [5.41, 5.74) is 4.09. The van der Waals surface area contributed by atoms with E-state index in [-0.39, 0.29) is 15.8 Å². The predicted molar refractivity (Wildman–Crippen MR) is 88.1 cm³/mol. The molecular formula is C12H10ClFN6O3S. The molecule has 1 aromatic carbocycles. The van der Waals surface area contributed by atoms with Gasteiger partial charge in [-0.3, -0.25) is 30.4 Å². The lowest BCUT2D eigenvalue weighted by Gasteiger charge is -2.11. The fraction of sp³-hybridized carbons (Fsp3) is 0.0833. The van der Waals surface area contributed by atoms with E-state index in [1.165, 1.54) is 19.2 Å². The number of anilines is 1. The van der Waals surface area contributed by atoms with E-state index in [4.69, 9.17) is 23.8 Å². The SMILES string of the molecule is Cn1cc([N+](=O)[O-])c(C(=O)NNC(=S)Nc2ccc(F)c(Cl)c2)n1. The topological polar surface area (TPSA) is 114 Å². The summed E-state index contributed by atoms with van der Waals surface area (Å²) in [6.07, 6.45) is 1.10. The smallest absolute Gasteiger partial charge is 0.320 e. The number of aryl methyl sites for hydroxylation is 1. The normalized spacial score (nSPS) is 10.1. The summed E-state index contributed by atoms with van der Waals surface area (Å²) in [6.45, 7) is 0. The van der Waals surface area contributed by atoms with Crippen LogP contribution in [0.1, 0.15) is 10.5 Å². The zero-order chi connectivity index (χ0) is 17.9. The van der Waals surface area contributed by atoms with Gasteiger partial charge in [-0.05, 0) is 30.4 Å². The van der Waals surface area contributed by atoms with E-state index in [0.29, 0.717) is 5.69 Å². The van der Waals surface area contributed by atoms with Gasteiger partial charge < -0.3 is 5.32 Å². The van der Waals surface area contributed by atoms with Gasteiger partial charge in [0.05, 0.1) is 9.95 Å². The van der Waals surface area contributed by atoms with Crippen molar-refractivity contribution in [3.8, 4) is 0 Å². The van der Waals surface area contributed by atoms with Gasteiger partial charge >= 0.3 is 5.69 Å². The van der Waals surface area contributed by atoms with Gasteiger partial charge in [0.2, 0.25) is 5.69 Å². The van der Waals surface area contributed by atoms with Crippen molar-refractivity contribution in [3.05, 3.63) is 51.0 Å². The second kappa shape index (κ2) is 7.19. The van der Waals surface area contributed by atoms with E-state index in [9.17, 15) is 19.3 Å². The van der Waals surface area contributed by atoms with Crippen LogP contribution in [-0.2, 0) is 7.05 Å². The molecule has 1 heterocycles. The number of amides is 1. The second-order valence-corrected chi connectivity index (χ2v) is 5.27. The molecule has 0 bridgehead atoms. The lowest BCUT2D eigenvalue weighted by atomic mass is 10.3. The molecule has 3 N–H and O–H groups in total. The summed E-state index contributed by atoms with van der Waals surface area (Å²) in [7, 11) is 1.45. The number of rotatable bonds is 3. The maximum atomic E-state index is 13.1. The van der Waals surface area contributed by atoms with Crippen LogP contribution in [0.5, 0.6) is 0 Å². The molecule has 2 rings (SSSR count). The summed E-state index contributed by atoms with van der Waals surface area (Å²) in [5.74, 6) is -1.43. The van der Waals surface area contributed by atoms with Gasteiger partial charge in [0, 0.05) is 12.7 Å². The molecule has 24 heavy (non-hydrogen) atoms. The number of aromatic nitrogens is 2. The molecule has 12 heteroatoms. The first-order valence-electron chi connectivity index (χ1n) is 6.28. The minimum atomic E-state index is -0.844. The summed E-state index contributed by atoms with van der Waals surface area (Å²) in [4.78, 5) is 22.1. The van der Waals surface area contributed by atoms with Crippen LogP contribution in [-0.4, -0.2) is 25.7 Å². The van der Waals surface area contributed by atoms with Crippen LogP contribution in [0.4, 0.5) is 15.8 Å². The Hall–Kier alpha value is -2.79. The molecule has 1 amide bonds. The number of hydrogen-bond donors (Lipinski definition) is 3. The monoisotopic (exact) mass is 372 g/mol. The second-order valence-electron chi connectivity index (χ2n) is 4.46. The summed E-state index contributed by atoms with van der Waals surface area (Å²) in [5, 5.41) is 17.1. The Kier molecular flexibility index (Phi) is 5.26. The fourth-order valence-electron chi connectivity index (χ4n) is 1.68. The van der Waals surface area contributed by atoms with Crippen molar-refractivity contribution in [1.29, 1.82) is 0 Å². The Labute approximate surface area is 144 Å². The largest absolute Gasteiger partial charge is 0.331 e. The van der Waals surface area contributed by atoms with Gasteiger partial charge in [-0.1, -0.05) is 11.6 Å². The molecule has 2 aromatic rings. The van der Waals surface area contributed by atoms with Gasteiger partial charge in [0.1, 0.15) is 12.0 Å². The van der Waals surface area contributed by atoms with E-state index in [1.54, 1.807) is 0 Å². The zero-order valence-electron chi connectivity index (χ0n) is 12.0. The highest BCUT2D eigenvalue weighted by Gasteiger charge is 2.24. The van der Waals surface area contributed by atoms with Crippen molar-refractivity contribution < 1.29 is 14.1 Å². The van der Waals surface area contributed by atoms with Gasteiger partial charge in [0.25, 0.3) is 5.91 Å². The van der Waals surface area contributed by atoms with E-state index >= 15 is 0 Å². The Morgan fingerprint density at radius 3 is 2.79 bits per heavy atom. The number of thiocarbonyl (C=S) groups is 1. The first kappa shape index (κ1) is 17.6. The van der Waals surface area contributed by atoms with Crippen molar-refractivity contribution in [2.45, 2.75) is 0 Å². The van der Waals surface area contributed by atoms with Crippen molar-refractivity contribution in [3.63, 3.8) is 0 Å². The Morgan fingerprint density at radius 2 is 2.17 bits per heavy atom. The molecule has 0 saturated heterocycles. The number of benzene rings is 1. The molecule has 0 aliphatic heterocycles. The van der Waals surface area contributed by atoms with E-state index in [2.05, 4.69) is 21.3 Å². The van der Waals surface area contributed by atoms with E-state index in [0.717, 1.165) is 16.9 Å². The number of nitrogens with one attached hydrogen (secondary N) is 3. The number of halogens is 2. The molecule has 0 fully saturated rings. The van der Waals surface area contributed by atoms with Crippen molar-refractivity contribution in [2.24, 2.45) is 7.05 Å². The highest BCUT2D eigenvalue weighted by molar-refractivity contribution is 7.80. The highest BCUT2D eigenvalue weighted by atomic mass is 35.5. The van der Waals surface area contributed by atoms with E-state index in [1.807, 2.05) is 0 Å². The van der Waals surface area contributed by atoms with Crippen LogP contribution in [0, 0.1) is 15.9 Å². The minimum Gasteiger partial charge on any atom is -0.331 e. The maximum Gasteiger partial charge on any atom is 0.320 e. The zero-order valence-corrected chi connectivity index (χ0v) is 13.6. The Morgan fingerprint density at radius 1 is 1.46 bits per heavy atom. The Bertz CT molecular complexity index is 827. The molecule has 1 aromatic heterocycles. The van der Waals surface area contributed by atoms with Gasteiger partial charge in [-0.15, -0.1) is 0 Å². The van der Waals surface area contributed by atoms with Crippen LogP contribution in [0.3, 0.4) is 0 Å². The predicted octanol–water partition coefficient (Wildman–Crippen LogP) is 1.75. The quantitative estimate of drug-likeness (QED) is 0.427. The molecular weight excluding hydrogens is 363 g/mol. The molecule has 0 spiro atoms. The third-order valence-electron chi connectivity index (χ3n) is 2.69. The molecule has 0 unspecified atom stereocenters. The van der Waals surface area contributed by atoms with Crippen LogP contribution < -0.4 is 16.2 Å². The first-order chi connectivity index (χ1) is 11.3. The minimum absolute atomic E-state index is 0.0374. The lowest BCUT2D eigenvalue weighted by Crippen LogP contribution is -2.44. The van der Waals surface area contributed by atoms with Crippen LogP contribution in [0.15, 0.2) is 24.4 Å². The summed E-state index contributed by atoms with van der Waals surface area (Å²) in [6, 6.07) is 3.83. The van der Waals surface area contributed by atoms with Crippen LogP contribution >= 0.6 is 23.8 Å². The molecule has 126 valence electrons. The number of carbonyl (C=O) groups excluding carboxylic acids is 1. The van der Waals surface area contributed by atoms with Crippen molar-refractivity contribution in [1.82, 2.24) is 20.6 Å². The molecule has 0 aliphatic carbocycles. The number of nitrogens with zero attached hydrogens (tertiary/aromatic N) is 3. The van der Waals surface area contributed by atoms with Crippen LogP contribution in [0.25, 0.3) is 0 Å². The molecule has 0 aliphatic rings. The average molecular weight is 373 g/mol. The van der Waals surface area contributed by atoms with Gasteiger partial charge in [0.15, 0.2) is 5.11 Å². The number of carbonyl (C=O) groups is 1. The highest BCUT2D eigenvalue weighted by Crippen LogP contribution is 2.19.